The Morgan fingerprint density at radius 2 is 1.83 bits per heavy atom. The summed E-state index contributed by atoms with van der Waals surface area (Å²) in [5.41, 5.74) is 2.20. The van der Waals surface area contributed by atoms with Crippen molar-refractivity contribution >= 4 is 6.08 Å². The van der Waals surface area contributed by atoms with Crippen LogP contribution in [0.5, 0.6) is 11.5 Å². The summed E-state index contributed by atoms with van der Waals surface area (Å²) in [6.45, 7) is 0. The maximum absolute atomic E-state index is 6.03. The van der Waals surface area contributed by atoms with Gasteiger partial charge < -0.3 is 9.47 Å². The van der Waals surface area contributed by atoms with Gasteiger partial charge in [0.1, 0.15) is 6.10 Å². The predicted octanol–water partition coefficient (Wildman–Crippen LogP) is 3.84. The Bertz CT molecular complexity index is 573. The molecule has 1 aliphatic heterocycles. The number of hydrogen-bond acceptors (Lipinski definition) is 2. The lowest BCUT2D eigenvalue weighted by atomic mass is 10.0. The van der Waals surface area contributed by atoms with E-state index in [-0.39, 0.29) is 6.10 Å². The molecule has 0 saturated heterocycles. The van der Waals surface area contributed by atoms with Gasteiger partial charge in [-0.2, -0.15) is 0 Å². The third-order valence-electron chi connectivity index (χ3n) is 3.05. The molecule has 0 spiro atoms. The van der Waals surface area contributed by atoms with E-state index >= 15 is 0 Å². The largest absolute Gasteiger partial charge is 0.493 e. The zero-order valence-electron chi connectivity index (χ0n) is 10.2. The fraction of sp³-hybridized carbons (Fsp3) is 0.125. The highest BCUT2D eigenvalue weighted by Gasteiger charge is 2.19. The van der Waals surface area contributed by atoms with Crippen LogP contribution in [0.15, 0.2) is 54.6 Å². The van der Waals surface area contributed by atoms with E-state index in [1.165, 1.54) is 0 Å². The molecule has 0 aromatic heterocycles. The maximum Gasteiger partial charge on any atom is 0.169 e. The van der Waals surface area contributed by atoms with Crippen molar-refractivity contribution in [2.75, 3.05) is 7.11 Å². The van der Waals surface area contributed by atoms with Gasteiger partial charge in [0, 0.05) is 5.56 Å². The molecule has 2 heteroatoms. The highest BCUT2D eigenvalue weighted by atomic mass is 16.5. The second-order valence-electron chi connectivity index (χ2n) is 4.19. The van der Waals surface area contributed by atoms with Gasteiger partial charge in [-0.05, 0) is 17.7 Å². The second kappa shape index (κ2) is 4.57. The monoisotopic (exact) mass is 238 g/mol. The standard InChI is InChI=1S/C16H14O2/c1-17-15-9-5-8-13-10-11-14(18-16(13)15)12-6-3-2-4-7-12/h2-11,14H,1H3. The Morgan fingerprint density at radius 1 is 1.00 bits per heavy atom. The first-order valence-corrected chi connectivity index (χ1v) is 5.95. The third kappa shape index (κ3) is 1.86. The molecule has 0 radical (unpaired) electrons. The molecule has 0 bridgehead atoms. The second-order valence-corrected chi connectivity index (χ2v) is 4.19. The van der Waals surface area contributed by atoms with Gasteiger partial charge >= 0.3 is 0 Å². The molecule has 90 valence electrons. The third-order valence-corrected chi connectivity index (χ3v) is 3.05. The van der Waals surface area contributed by atoms with Crippen LogP contribution in [0, 0.1) is 0 Å². The zero-order valence-corrected chi connectivity index (χ0v) is 10.2. The van der Waals surface area contributed by atoms with E-state index in [0.717, 1.165) is 22.6 Å². The van der Waals surface area contributed by atoms with Gasteiger partial charge in [-0.3, -0.25) is 0 Å². The van der Waals surface area contributed by atoms with Gasteiger partial charge in [0.2, 0.25) is 0 Å². The summed E-state index contributed by atoms with van der Waals surface area (Å²) >= 11 is 0. The van der Waals surface area contributed by atoms with Crippen LogP contribution in [0.2, 0.25) is 0 Å². The van der Waals surface area contributed by atoms with Crippen LogP contribution in [0.1, 0.15) is 17.2 Å². The molecule has 18 heavy (non-hydrogen) atoms. The van der Waals surface area contributed by atoms with E-state index < -0.39 is 0 Å². The molecule has 2 aromatic rings. The van der Waals surface area contributed by atoms with Crippen molar-refractivity contribution in [1.82, 2.24) is 0 Å². The van der Waals surface area contributed by atoms with Crippen LogP contribution in [0.4, 0.5) is 0 Å². The number of rotatable bonds is 2. The van der Waals surface area contributed by atoms with Crippen molar-refractivity contribution < 1.29 is 9.47 Å². The molecular weight excluding hydrogens is 224 g/mol. The van der Waals surface area contributed by atoms with Gasteiger partial charge in [0.05, 0.1) is 7.11 Å². The molecule has 3 rings (SSSR count). The van der Waals surface area contributed by atoms with E-state index in [9.17, 15) is 0 Å². The normalized spacial score (nSPS) is 16.8. The Labute approximate surface area is 106 Å². The van der Waals surface area contributed by atoms with Crippen molar-refractivity contribution in [3.8, 4) is 11.5 Å². The zero-order chi connectivity index (χ0) is 12.4. The topological polar surface area (TPSA) is 18.5 Å². The summed E-state index contributed by atoms with van der Waals surface area (Å²) in [5, 5.41) is 0. The van der Waals surface area contributed by atoms with Gasteiger partial charge in [0.15, 0.2) is 11.5 Å². The first-order valence-electron chi connectivity index (χ1n) is 5.95. The van der Waals surface area contributed by atoms with E-state index in [2.05, 4.69) is 24.3 Å². The van der Waals surface area contributed by atoms with Crippen LogP contribution in [-0.4, -0.2) is 7.11 Å². The molecule has 1 unspecified atom stereocenters. The first kappa shape index (κ1) is 10.9. The summed E-state index contributed by atoms with van der Waals surface area (Å²) in [5.74, 6) is 1.59. The molecule has 0 saturated carbocycles. The molecule has 1 heterocycles. The number of benzene rings is 2. The smallest absolute Gasteiger partial charge is 0.169 e. The van der Waals surface area contributed by atoms with Crippen LogP contribution >= 0.6 is 0 Å². The van der Waals surface area contributed by atoms with Gasteiger partial charge in [0.25, 0.3) is 0 Å². The minimum absolute atomic E-state index is 0.0463. The van der Waals surface area contributed by atoms with Crippen molar-refractivity contribution in [2.24, 2.45) is 0 Å². The minimum Gasteiger partial charge on any atom is -0.493 e. The quantitative estimate of drug-likeness (QED) is 0.791. The lowest BCUT2D eigenvalue weighted by Gasteiger charge is -2.23. The van der Waals surface area contributed by atoms with Crippen molar-refractivity contribution in [2.45, 2.75) is 6.10 Å². The lowest BCUT2D eigenvalue weighted by molar-refractivity contribution is 0.238. The fourth-order valence-electron chi connectivity index (χ4n) is 2.13. The van der Waals surface area contributed by atoms with E-state index in [1.54, 1.807) is 7.11 Å². The molecular formula is C16H14O2. The molecule has 0 N–H and O–H groups in total. The van der Waals surface area contributed by atoms with Crippen LogP contribution in [0.25, 0.3) is 6.08 Å². The average molecular weight is 238 g/mol. The van der Waals surface area contributed by atoms with E-state index in [4.69, 9.17) is 9.47 Å². The Morgan fingerprint density at radius 3 is 2.61 bits per heavy atom. The molecule has 1 aliphatic rings. The van der Waals surface area contributed by atoms with Crippen LogP contribution < -0.4 is 9.47 Å². The number of ether oxygens (including phenoxy) is 2. The highest BCUT2D eigenvalue weighted by Crippen LogP contribution is 2.39. The SMILES string of the molecule is COc1cccc2c1OC(c1ccccc1)C=C2. The number of methoxy groups -OCH3 is 1. The van der Waals surface area contributed by atoms with E-state index in [1.807, 2.05) is 36.4 Å². The molecule has 0 aliphatic carbocycles. The van der Waals surface area contributed by atoms with Crippen molar-refractivity contribution in [3.05, 3.63) is 65.7 Å². The molecule has 0 fully saturated rings. The first-order chi connectivity index (χ1) is 8.88. The predicted molar refractivity (Wildman–Crippen MR) is 71.8 cm³/mol. The van der Waals surface area contributed by atoms with Gasteiger partial charge in [-0.1, -0.05) is 48.5 Å². The molecule has 1 atom stereocenters. The average Bonchev–Trinajstić information content (AvgIpc) is 2.47. The van der Waals surface area contributed by atoms with Gasteiger partial charge in [-0.25, -0.2) is 0 Å². The van der Waals surface area contributed by atoms with Crippen LogP contribution in [0.3, 0.4) is 0 Å². The Balaban J connectivity index is 1.98. The maximum atomic E-state index is 6.03. The Kier molecular flexibility index (Phi) is 2.77. The molecule has 2 aromatic carbocycles. The number of fused-ring (bicyclic) bond motifs is 1. The Hall–Kier alpha value is -2.22. The summed E-state index contributed by atoms with van der Waals surface area (Å²) in [6, 6.07) is 16.1. The summed E-state index contributed by atoms with van der Waals surface area (Å²) in [4.78, 5) is 0. The van der Waals surface area contributed by atoms with Gasteiger partial charge in [-0.15, -0.1) is 0 Å². The summed E-state index contributed by atoms with van der Waals surface area (Å²) in [6.07, 6.45) is 4.10. The molecule has 0 amide bonds. The summed E-state index contributed by atoms with van der Waals surface area (Å²) < 4.78 is 11.4. The lowest BCUT2D eigenvalue weighted by Crippen LogP contribution is -2.09. The van der Waals surface area contributed by atoms with Crippen molar-refractivity contribution in [1.29, 1.82) is 0 Å². The van der Waals surface area contributed by atoms with Crippen molar-refractivity contribution in [3.63, 3.8) is 0 Å². The summed E-state index contributed by atoms with van der Waals surface area (Å²) in [7, 11) is 1.66. The van der Waals surface area contributed by atoms with Crippen LogP contribution in [-0.2, 0) is 0 Å². The highest BCUT2D eigenvalue weighted by molar-refractivity contribution is 5.65. The fourth-order valence-corrected chi connectivity index (χ4v) is 2.13. The van der Waals surface area contributed by atoms with E-state index in [0.29, 0.717) is 0 Å². The number of para-hydroxylation sites is 1. The molecule has 2 nitrogen and oxygen atoms in total. The minimum atomic E-state index is -0.0463. The number of hydrogen-bond donors (Lipinski definition) is 0.